The van der Waals surface area contributed by atoms with Crippen LogP contribution >= 0.6 is 11.3 Å². The van der Waals surface area contributed by atoms with E-state index >= 15 is 0 Å². The minimum absolute atomic E-state index is 0.0978. The third-order valence-electron chi connectivity index (χ3n) is 5.96. The minimum Gasteiger partial charge on any atom is -0.496 e. The van der Waals surface area contributed by atoms with Crippen molar-refractivity contribution < 1.29 is 23.7 Å². The second kappa shape index (κ2) is 9.24. The average molecular weight is 469 g/mol. The number of methoxy groups -OCH3 is 2. The van der Waals surface area contributed by atoms with Crippen LogP contribution in [0.1, 0.15) is 22.7 Å². The van der Waals surface area contributed by atoms with Crippen LogP contribution in [0.25, 0.3) is 0 Å². The van der Waals surface area contributed by atoms with Crippen LogP contribution in [0, 0.1) is 0 Å². The van der Waals surface area contributed by atoms with Gasteiger partial charge >= 0.3 is 0 Å². The standard InChI is InChI=1S/C23H24N4O5S/c1-29-17-5-6-19(30-2)22-15(17)7-8-27(11-21(28)25-23-26-24-12-33-23)16(22)9-14-3-4-18-20(10-14)32-13-31-18/h3-6,10,12,16H,7-9,11,13H2,1-2H3,(H,25,26,28). The van der Waals surface area contributed by atoms with E-state index in [1.807, 2.05) is 30.3 Å². The van der Waals surface area contributed by atoms with E-state index in [0.29, 0.717) is 18.1 Å². The average Bonchev–Trinajstić information content (AvgIpc) is 3.51. The fourth-order valence-electron chi connectivity index (χ4n) is 4.49. The van der Waals surface area contributed by atoms with Crippen LogP contribution < -0.4 is 24.3 Å². The highest BCUT2D eigenvalue weighted by molar-refractivity contribution is 7.13. The molecular weight excluding hydrogens is 444 g/mol. The van der Waals surface area contributed by atoms with E-state index in [0.717, 1.165) is 46.1 Å². The molecule has 0 spiro atoms. The molecule has 5 rings (SSSR count). The van der Waals surface area contributed by atoms with Crippen LogP contribution in [0.15, 0.2) is 35.8 Å². The lowest BCUT2D eigenvalue weighted by molar-refractivity contribution is -0.118. The molecule has 2 aromatic carbocycles. The number of hydrogen-bond acceptors (Lipinski definition) is 9. The highest BCUT2D eigenvalue weighted by Crippen LogP contribution is 2.43. The molecule has 1 N–H and O–H groups in total. The Balaban J connectivity index is 1.48. The molecule has 1 aromatic heterocycles. The Morgan fingerprint density at radius 3 is 2.79 bits per heavy atom. The van der Waals surface area contributed by atoms with Gasteiger partial charge in [-0.1, -0.05) is 17.4 Å². The Morgan fingerprint density at radius 1 is 1.18 bits per heavy atom. The van der Waals surface area contributed by atoms with E-state index in [1.54, 1.807) is 19.7 Å². The number of amides is 1. The third-order valence-corrected chi connectivity index (χ3v) is 6.56. The van der Waals surface area contributed by atoms with Gasteiger partial charge < -0.3 is 18.9 Å². The molecule has 0 aliphatic carbocycles. The monoisotopic (exact) mass is 468 g/mol. The van der Waals surface area contributed by atoms with Crippen molar-refractivity contribution in [3.8, 4) is 23.0 Å². The van der Waals surface area contributed by atoms with E-state index in [9.17, 15) is 4.79 Å². The molecular formula is C23H24N4O5S. The van der Waals surface area contributed by atoms with Crippen molar-refractivity contribution in [3.63, 3.8) is 0 Å². The van der Waals surface area contributed by atoms with Crippen molar-refractivity contribution in [2.45, 2.75) is 18.9 Å². The molecule has 0 bridgehead atoms. The second-order valence-electron chi connectivity index (χ2n) is 7.78. The van der Waals surface area contributed by atoms with Gasteiger partial charge in [-0.05, 0) is 42.7 Å². The molecule has 3 heterocycles. The number of benzene rings is 2. The van der Waals surface area contributed by atoms with Crippen LogP contribution in [0.4, 0.5) is 5.13 Å². The van der Waals surface area contributed by atoms with Gasteiger partial charge in [0.2, 0.25) is 17.8 Å². The number of aromatic nitrogens is 2. The first kappa shape index (κ1) is 21.5. The van der Waals surface area contributed by atoms with E-state index in [4.69, 9.17) is 18.9 Å². The van der Waals surface area contributed by atoms with E-state index in [1.165, 1.54) is 11.3 Å². The summed E-state index contributed by atoms with van der Waals surface area (Å²) in [5, 5.41) is 11.0. The van der Waals surface area contributed by atoms with Gasteiger partial charge in [-0.3, -0.25) is 15.0 Å². The quantitative estimate of drug-likeness (QED) is 0.565. The summed E-state index contributed by atoms with van der Waals surface area (Å²) in [7, 11) is 3.34. The Bertz CT molecular complexity index is 1150. The zero-order valence-corrected chi connectivity index (χ0v) is 19.2. The molecule has 3 aromatic rings. The molecule has 1 atom stereocenters. The molecule has 0 saturated heterocycles. The van der Waals surface area contributed by atoms with Crippen molar-refractivity contribution in [1.29, 1.82) is 0 Å². The Hall–Kier alpha value is -3.37. The summed E-state index contributed by atoms with van der Waals surface area (Å²) in [6.07, 6.45) is 1.42. The second-order valence-corrected chi connectivity index (χ2v) is 8.62. The molecule has 9 nitrogen and oxygen atoms in total. The summed E-state index contributed by atoms with van der Waals surface area (Å²) in [4.78, 5) is 15.0. The molecule has 2 aliphatic heterocycles. The van der Waals surface area contributed by atoms with Gasteiger partial charge in [-0.25, -0.2) is 0 Å². The molecule has 33 heavy (non-hydrogen) atoms. The molecule has 2 aliphatic rings. The molecule has 172 valence electrons. The summed E-state index contributed by atoms with van der Waals surface area (Å²) >= 11 is 1.29. The van der Waals surface area contributed by atoms with Crippen LogP contribution in [-0.2, 0) is 17.6 Å². The number of nitrogens with zero attached hydrogens (tertiary/aromatic N) is 3. The number of ether oxygens (including phenoxy) is 4. The zero-order valence-electron chi connectivity index (χ0n) is 18.4. The zero-order chi connectivity index (χ0) is 22.8. The lowest BCUT2D eigenvalue weighted by atomic mass is 9.87. The summed E-state index contributed by atoms with van der Waals surface area (Å²) < 4.78 is 22.4. The normalized spacial score (nSPS) is 16.8. The van der Waals surface area contributed by atoms with Gasteiger partial charge in [0.05, 0.1) is 20.8 Å². The van der Waals surface area contributed by atoms with Gasteiger partial charge in [-0.2, -0.15) is 0 Å². The van der Waals surface area contributed by atoms with Crippen molar-refractivity contribution in [3.05, 3.63) is 52.5 Å². The largest absolute Gasteiger partial charge is 0.496 e. The topological polar surface area (TPSA) is 95.0 Å². The lowest BCUT2D eigenvalue weighted by Crippen LogP contribution is -2.41. The Kier molecular flexibility index (Phi) is 6.01. The lowest BCUT2D eigenvalue weighted by Gasteiger charge is -2.38. The van der Waals surface area contributed by atoms with Crippen molar-refractivity contribution in [1.82, 2.24) is 15.1 Å². The number of nitrogens with one attached hydrogen (secondary N) is 1. The highest BCUT2D eigenvalue weighted by atomic mass is 32.1. The predicted molar refractivity (Wildman–Crippen MR) is 122 cm³/mol. The first-order valence-corrected chi connectivity index (χ1v) is 11.5. The molecule has 0 radical (unpaired) electrons. The predicted octanol–water partition coefficient (Wildman–Crippen LogP) is 3.06. The molecule has 1 unspecified atom stereocenters. The molecule has 0 saturated carbocycles. The fourth-order valence-corrected chi connectivity index (χ4v) is 4.95. The number of rotatable bonds is 7. The smallest absolute Gasteiger partial charge is 0.240 e. The summed E-state index contributed by atoms with van der Waals surface area (Å²) in [5.74, 6) is 2.97. The van der Waals surface area contributed by atoms with Gasteiger partial charge in [0.1, 0.15) is 17.0 Å². The van der Waals surface area contributed by atoms with E-state index in [-0.39, 0.29) is 25.3 Å². The molecule has 0 fully saturated rings. The summed E-state index contributed by atoms with van der Waals surface area (Å²) in [6, 6.07) is 9.73. The first-order chi connectivity index (χ1) is 16.2. The van der Waals surface area contributed by atoms with Crippen molar-refractivity contribution >= 4 is 22.4 Å². The number of fused-ring (bicyclic) bond motifs is 2. The van der Waals surface area contributed by atoms with Gasteiger partial charge in [0, 0.05) is 23.7 Å². The van der Waals surface area contributed by atoms with Gasteiger partial charge in [0.15, 0.2) is 11.5 Å². The van der Waals surface area contributed by atoms with E-state index < -0.39 is 0 Å². The van der Waals surface area contributed by atoms with Crippen molar-refractivity contribution in [2.24, 2.45) is 0 Å². The number of carbonyl (C=O) groups excluding carboxylic acids is 1. The number of anilines is 1. The van der Waals surface area contributed by atoms with Crippen molar-refractivity contribution in [2.75, 3.05) is 39.4 Å². The van der Waals surface area contributed by atoms with Crippen LogP contribution in [0.5, 0.6) is 23.0 Å². The summed E-state index contributed by atoms with van der Waals surface area (Å²) in [5.41, 5.74) is 4.83. The Labute approximate surface area is 195 Å². The highest BCUT2D eigenvalue weighted by Gasteiger charge is 2.34. The first-order valence-electron chi connectivity index (χ1n) is 10.6. The molecule has 1 amide bonds. The fraction of sp³-hybridized carbons (Fsp3) is 0.348. The Morgan fingerprint density at radius 2 is 2.00 bits per heavy atom. The van der Waals surface area contributed by atoms with Gasteiger partial charge in [0.25, 0.3) is 0 Å². The maximum Gasteiger partial charge on any atom is 0.240 e. The van der Waals surface area contributed by atoms with Crippen LogP contribution in [-0.4, -0.2) is 55.1 Å². The number of hydrogen-bond donors (Lipinski definition) is 1. The summed E-state index contributed by atoms with van der Waals surface area (Å²) in [6.45, 7) is 1.15. The van der Waals surface area contributed by atoms with Crippen LogP contribution in [0.3, 0.4) is 0 Å². The maximum atomic E-state index is 12.8. The number of carbonyl (C=O) groups is 1. The maximum absolute atomic E-state index is 12.8. The van der Waals surface area contributed by atoms with Gasteiger partial charge in [-0.15, -0.1) is 10.2 Å². The SMILES string of the molecule is COc1ccc(OC)c2c1CCN(CC(=O)Nc1nncs1)C2Cc1ccc2c(c1)OCO2. The molecule has 10 heteroatoms. The minimum atomic E-state index is -0.132. The van der Waals surface area contributed by atoms with Crippen LogP contribution in [0.2, 0.25) is 0 Å². The third kappa shape index (κ3) is 4.31. The van der Waals surface area contributed by atoms with E-state index in [2.05, 4.69) is 20.4 Å².